The van der Waals surface area contributed by atoms with Gasteiger partial charge in [-0.3, -0.25) is 0 Å². The molecule has 0 N–H and O–H groups in total. The van der Waals surface area contributed by atoms with E-state index in [2.05, 4.69) is 14.7 Å². The Morgan fingerprint density at radius 2 is 2.15 bits per heavy atom. The van der Waals surface area contributed by atoms with Crippen LogP contribution < -0.4 is 4.74 Å². The second-order valence-corrected chi connectivity index (χ2v) is 2.35. The minimum atomic E-state index is -0.444. The maximum absolute atomic E-state index is 11.1. The SMILES string of the molecule is COC(=O)c1cnc(OC)nc1C. The molecule has 0 bridgehead atoms. The van der Waals surface area contributed by atoms with Crippen LogP contribution in [0.15, 0.2) is 6.20 Å². The van der Waals surface area contributed by atoms with Crippen LogP contribution >= 0.6 is 0 Å². The molecule has 0 unspecified atom stereocenters. The number of nitrogens with zero attached hydrogens (tertiary/aromatic N) is 2. The second-order valence-electron chi connectivity index (χ2n) is 2.35. The summed E-state index contributed by atoms with van der Waals surface area (Å²) in [6.45, 7) is 1.69. The van der Waals surface area contributed by atoms with Crippen LogP contribution in [0.1, 0.15) is 16.1 Å². The molecular weight excluding hydrogens is 172 g/mol. The van der Waals surface area contributed by atoms with E-state index < -0.39 is 5.97 Å². The summed E-state index contributed by atoms with van der Waals surface area (Å²) in [6.07, 6.45) is 1.38. The normalized spacial score (nSPS) is 9.46. The van der Waals surface area contributed by atoms with E-state index in [0.717, 1.165) is 0 Å². The molecule has 0 aromatic carbocycles. The highest BCUT2D eigenvalue weighted by atomic mass is 16.5. The van der Waals surface area contributed by atoms with Gasteiger partial charge < -0.3 is 9.47 Å². The van der Waals surface area contributed by atoms with Crippen molar-refractivity contribution < 1.29 is 14.3 Å². The van der Waals surface area contributed by atoms with Gasteiger partial charge in [0.1, 0.15) is 0 Å². The number of esters is 1. The minimum Gasteiger partial charge on any atom is -0.467 e. The molecule has 0 aliphatic rings. The Bertz CT molecular complexity index is 325. The first-order chi connectivity index (χ1) is 6.19. The molecule has 13 heavy (non-hydrogen) atoms. The van der Waals surface area contributed by atoms with Crippen LogP contribution in [0, 0.1) is 6.92 Å². The lowest BCUT2D eigenvalue weighted by Gasteiger charge is -2.03. The molecule has 0 saturated heterocycles. The van der Waals surface area contributed by atoms with E-state index in [1.165, 1.54) is 20.4 Å². The van der Waals surface area contributed by atoms with Crippen LogP contribution in [0.2, 0.25) is 0 Å². The molecule has 0 radical (unpaired) electrons. The molecule has 1 heterocycles. The van der Waals surface area contributed by atoms with Crippen LogP contribution in [-0.4, -0.2) is 30.2 Å². The minimum absolute atomic E-state index is 0.241. The monoisotopic (exact) mass is 182 g/mol. The van der Waals surface area contributed by atoms with Gasteiger partial charge in [0, 0.05) is 6.20 Å². The molecule has 5 heteroatoms. The number of hydrogen-bond acceptors (Lipinski definition) is 5. The molecule has 1 aromatic rings. The Kier molecular flexibility index (Phi) is 2.79. The number of ether oxygens (including phenoxy) is 2. The van der Waals surface area contributed by atoms with Crippen molar-refractivity contribution in [1.29, 1.82) is 0 Å². The van der Waals surface area contributed by atoms with Gasteiger partial charge >= 0.3 is 12.0 Å². The summed E-state index contributed by atoms with van der Waals surface area (Å²) in [4.78, 5) is 18.8. The maximum atomic E-state index is 11.1. The van der Waals surface area contributed by atoms with Crippen molar-refractivity contribution in [2.75, 3.05) is 14.2 Å². The second kappa shape index (κ2) is 3.84. The highest BCUT2D eigenvalue weighted by Crippen LogP contribution is 2.08. The number of aryl methyl sites for hydroxylation is 1. The Morgan fingerprint density at radius 3 is 2.62 bits per heavy atom. The standard InChI is InChI=1S/C8H10N2O3/c1-5-6(7(11)12-2)4-9-8(10-5)13-3/h4H,1-3H3. The highest BCUT2D eigenvalue weighted by molar-refractivity contribution is 5.90. The van der Waals surface area contributed by atoms with Crippen molar-refractivity contribution in [2.45, 2.75) is 6.92 Å². The number of rotatable bonds is 2. The number of carbonyl (C=O) groups excluding carboxylic acids is 1. The van der Waals surface area contributed by atoms with Gasteiger partial charge in [0.05, 0.1) is 25.5 Å². The number of aromatic nitrogens is 2. The topological polar surface area (TPSA) is 61.3 Å². The fraction of sp³-hybridized carbons (Fsp3) is 0.375. The summed E-state index contributed by atoms with van der Waals surface area (Å²) in [7, 11) is 2.78. The van der Waals surface area contributed by atoms with Gasteiger partial charge in [-0.05, 0) is 6.92 Å². The zero-order chi connectivity index (χ0) is 9.84. The van der Waals surface area contributed by atoms with Gasteiger partial charge in [-0.25, -0.2) is 9.78 Å². The lowest BCUT2D eigenvalue weighted by molar-refractivity contribution is 0.0598. The molecule has 0 aliphatic carbocycles. The molecule has 0 atom stereocenters. The van der Waals surface area contributed by atoms with Crippen molar-refractivity contribution in [3.05, 3.63) is 17.5 Å². The van der Waals surface area contributed by atoms with Gasteiger partial charge in [0.25, 0.3) is 0 Å². The Labute approximate surface area is 75.7 Å². The quantitative estimate of drug-likeness (QED) is 0.626. The van der Waals surface area contributed by atoms with E-state index >= 15 is 0 Å². The summed E-state index contributed by atoms with van der Waals surface area (Å²) in [5.41, 5.74) is 0.891. The fourth-order valence-corrected chi connectivity index (χ4v) is 0.854. The molecule has 0 spiro atoms. The van der Waals surface area contributed by atoms with Crippen molar-refractivity contribution in [3.8, 4) is 6.01 Å². The average Bonchev–Trinajstić information content (AvgIpc) is 2.16. The zero-order valence-electron chi connectivity index (χ0n) is 7.70. The molecule has 70 valence electrons. The average molecular weight is 182 g/mol. The first-order valence-corrected chi connectivity index (χ1v) is 3.65. The van der Waals surface area contributed by atoms with Crippen molar-refractivity contribution in [1.82, 2.24) is 9.97 Å². The third-order valence-electron chi connectivity index (χ3n) is 1.55. The van der Waals surface area contributed by atoms with Crippen LogP contribution in [0.5, 0.6) is 6.01 Å². The van der Waals surface area contributed by atoms with E-state index in [1.54, 1.807) is 6.92 Å². The van der Waals surface area contributed by atoms with Crippen LogP contribution in [-0.2, 0) is 4.74 Å². The van der Waals surface area contributed by atoms with Crippen LogP contribution in [0.25, 0.3) is 0 Å². The Hall–Kier alpha value is -1.65. The smallest absolute Gasteiger partial charge is 0.341 e. The zero-order valence-corrected chi connectivity index (χ0v) is 7.70. The van der Waals surface area contributed by atoms with Crippen molar-refractivity contribution >= 4 is 5.97 Å². The Morgan fingerprint density at radius 1 is 1.46 bits per heavy atom. The number of methoxy groups -OCH3 is 2. The molecular formula is C8H10N2O3. The van der Waals surface area contributed by atoms with Gasteiger partial charge in [-0.2, -0.15) is 4.98 Å². The summed E-state index contributed by atoms with van der Waals surface area (Å²) in [5.74, 6) is -0.444. The molecule has 0 aliphatic heterocycles. The fourth-order valence-electron chi connectivity index (χ4n) is 0.854. The summed E-state index contributed by atoms with van der Waals surface area (Å²) < 4.78 is 9.32. The first kappa shape index (κ1) is 9.44. The van der Waals surface area contributed by atoms with Crippen LogP contribution in [0.3, 0.4) is 0 Å². The predicted octanol–water partition coefficient (Wildman–Crippen LogP) is 0.580. The van der Waals surface area contributed by atoms with Crippen molar-refractivity contribution in [3.63, 3.8) is 0 Å². The lowest BCUT2D eigenvalue weighted by atomic mass is 10.2. The number of carbonyl (C=O) groups is 1. The van der Waals surface area contributed by atoms with Gasteiger partial charge in [0.2, 0.25) is 0 Å². The Balaban J connectivity index is 3.05. The molecule has 1 rings (SSSR count). The van der Waals surface area contributed by atoms with E-state index in [1.807, 2.05) is 0 Å². The summed E-state index contributed by atoms with van der Waals surface area (Å²) >= 11 is 0. The number of hydrogen-bond donors (Lipinski definition) is 0. The third kappa shape index (κ3) is 1.93. The lowest BCUT2D eigenvalue weighted by Crippen LogP contribution is -2.07. The predicted molar refractivity (Wildman–Crippen MR) is 44.7 cm³/mol. The van der Waals surface area contributed by atoms with Crippen LogP contribution in [0.4, 0.5) is 0 Å². The van der Waals surface area contributed by atoms with Crippen molar-refractivity contribution in [2.24, 2.45) is 0 Å². The summed E-state index contributed by atoms with van der Waals surface area (Å²) in [6, 6.07) is 0.241. The van der Waals surface area contributed by atoms with Gasteiger partial charge in [-0.15, -0.1) is 0 Å². The maximum Gasteiger partial charge on any atom is 0.341 e. The van der Waals surface area contributed by atoms with E-state index in [-0.39, 0.29) is 6.01 Å². The molecule has 0 amide bonds. The first-order valence-electron chi connectivity index (χ1n) is 3.65. The van der Waals surface area contributed by atoms with E-state index in [9.17, 15) is 4.79 Å². The largest absolute Gasteiger partial charge is 0.467 e. The molecule has 1 aromatic heterocycles. The van der Waals surface area contributed by atoms with Gasteiger partial charge in [0.15, 0.2) is 0 Å². The molecule has 0 fully saturated rings. The summed E-state index contributed by atoms with van der Waals surface area (Å²) in [5, 5.41) is 0. The van der Waals surface area contributed by atoms with E-state index in [0.29, 0.717) is 11.3 Å². The highest BCUT2D eigenvalue weighted by Gasteiger charge is 2.11. The van der Waals surface area contributed by atoms with E-state index in [4.69, 9.17) is 4.74 Å². The molecule has 5 nitrogen and oxygen atoms in total. The molecule has 0 saturated carbocycles. The van der Waals surface area contributed by atoms with Gasteiger partial charge in [-0.1, -0.05) is 0 Å². The third-order valence-corrected chi connectivity index (χ3v) is 1.55.